The second kappa shape index (κ2) is 7.31. The van der Waals surface area contributed by atoms with Crippen LogP contribution < -0.4 is 20.3 Å². The fourth-order valence-corrected chi connectivity index (χ4v) is 3.59. The van der Waals surface area contributed by atoms with Crippen molar-refractivity contribution in [1.82, 2.24) is 9.55 Å². The molecular formula is C17H15F2N3O4S. The van der Waals surface area contributed by atoms with Crippen LogP contribution in [0.3, 0.4) is 0 Å². The van der Waals surface area contributed by atoms with Crippen molar-refractivity contribution < 1.29 is 23.0 Å². The molecule has 2 heterocycles. The van der Waals surface area contributed by atoms with Crippen LogP contribution in [0.5, 0.6) is 11.5 Å². The minimum atomic E-state index is -3.03. The normalized spacial score (nSPS) is 11.0. The van der Waals surface area contributed by atoms with Crippen LogP contribution in [0.1, 0.15) is 15.2 Å². The number of alkyl halides is 2. The van der Waals surface area contributed by atoms with Crippen LogP contribution in [0, 0.1) is 6.92 Å². The molecule has 10 heteroatoms. The highest BCUT2D eigenvalue weighted by molar-refractivity contribution is 7.20. The number of hydrogen-bond donors (Lipinski definition) is 1. The van der Waals surface area contributed by atoms with Gasteiger partial charge in [0.1, 0.15) is 4.83 Å². The molecule has 0 atom stereocenters. The number of benzene rings is 1. The summed E-state index contributed by atoms with van der Waals surface area (Å²) in [4.78, 5) is 29.8. The number of methoxy groups -OCH3 is 1. The van der Waals surface area contributed by atoms with E-state index in [1.165, 1.54) is 36.2 Å². The minimum absolute atomic E-state index is 0.110. The van der Waals surface area contributed by atoms with Gasteiger partial charge >= 0.3 is 6.61 Å². The molecule has 3 aromatic rings. The van der Waals surface area contributed by atoms with Gasteiger partial charge in [-0.2, -0.15) is 8.78 Å². The topological polar surface area (TPSA) is 82.5 Å². The number of aryl methyl sites for hydroxylation is 2. The lowest BCUT2D eigenvalue weighted by molar-refractivity contribution is -0.0511. The van der Waals surface area contributed by atoms with E-state index in [0.29, 0.717) is 20.7 Å². The molecule has 27 heavy (non-hydrogen) atoms. The van der Waals surface area contributed by atoms with Gasteiger partial charge in [-0.3, -0.25) is 9.59 Å². The zero-order valence-electron chi connectivity index (χ0n) is 14.6. The van der Waals surface area contributed by atoms with E-state index < -0.39 is 12.5 Å². The number of carbonyl (C=O) groups is 1. The Bertz CT molecular complexity index is 1080. The number of amides is 1. The standard InChI is InChI=1S/C17H15F2N3O4S/c1-8-12-15(20-7-22(2)16(12)24)27-13(8)14(23)21-9-4-5-10(25-3)11(6-9)26-17(18)19/h4-7,17H,1-3H3,(H,21,23). The lowest BCUT2D eigenvalue weighted by Gasteiger charge is -2.12. The first-order valence-corrected chi connectivity index (χ1v) is 8.52. The van der Waals surface area contributed by atoms with E-state index in [0.717, 1.165) is 11.3 Å². The lowest BCUT2D eigenvalue weighted by atomic mass is 10.2. The van der Waals surface area contributed by atoms with Crippen molar-refractivity contribution in [2.75, 3.05) is 12.4 Å². The molecule has 0 saturated carbocycles. The Balaban J connectivity index is 1.94. The third-order valence-electron chi connectivity index (χ3n) is 3.85. The molecule has 1 amide bonds. The summed E-state index contributed by atoms with van der Waals surface area (Å²) in [6, 6.07) is 4.14. The predicted octanol–water partition coefficient (Wildman–Crippen LogP) is 3.17. The molecule has 0 aliphatic rings. The van der Waals surface area contributed by atoms with Crippen LogP contribution in [0.15, 0.2) is 29.3 Å². The second-order valence-corrected chi connectivity index (χ2v) is 6.59. The van der Waals surface area contributed by atoms with Gasteiger partial charge in [0.25, 0.3) is 11.5 Å². The van der Waals surface area contributed by atoms with Gasteiger partial charge in [0.2, 0.25) is 0 Å². The van der Waals surface area contributed by atoms with Gasteiger partial charge in [0, 0.05) is 18.8 Å². The van der Waals surface area contributed by atoms with Gasteiger partial charge in [-0.15, -0.1) is 11.3 Å². The molecule has 0 bridgehead atoms. The van der Waals surface area contributed by atoms with Crippen molar-refractivity contribution in [3.05, 3.63) is 45.3 Å². The highest BCUT2D eigenvalue weighted by Gasteiger charge is 2.20. The highest BCUT2D eigenvalue weighted by atomic mass is 32.1. The summed E-state index contributed by atoms with van der Waals surface area (Å²) in [5.74, 6) is -0.571. The molecule has 7 nitrogen and oxygen atoms in total. The number of halogens is 2. The number of nitrogens with zero attached hydrogens (tertiary/aromatic N) is 2. The lowest BCUT2D eigenvalue weighted by Crippen LogP contribution is -2.17. The van der Waals surface area contributed by atoms with Crippen molar-refractivity contribution in [2.45, 2.75) is 13.5 Å². The van der Waals surface area contributed by atoms with E-state index in [4.69, 9.17) is 4.74 Å². The number of aromatic nitrogens is 2. The molecule has 0 radical (unpaired) electrons. The molecule has 0 aliphatic carbocycles. The van der Waals surface area contributed by atoms with Crippen molar-refractivity contribution in [2.24, 2.45) is 7.05 Å². The maximum absolute atomic E-state index is 12.6. The molecule has 142 valence electrons. The number of anilines is 1. The Kier molecular flexibility index (Phi) is 5.08. The smallest absolute Gasteiger partial charge is 0.387 e. The van der Waals surface area contributed by atoms with E-state index in [2.05, 4.69) is 15.0 Å². The van der Waals surface area contributed by atoms with Crippen LogP contribution in [0.25, 0.3) is 10.2 Å². The Hall–Kier alpha value is -3.01. The summed E-state index contributed by atoms with van der Waals surface area (Å²) in [5, 5.41) is 2.99. The van der Waals surface area contributed by atoms with Crippen LogP contribution in [0.4, 0.5) is 14.5 Å². The van der Waals surface area contributed by atoms with Crippen LogP contribution in [0.2, 0.25) is 0 Å². The second-order valence-electron chi connectivity index (χ2n) is 5.60. The van der Waals surface area contributed by atoms with Crippen LogP contribution in [-0.2, 0) is 7.05 Å². The predicted molar refractivity (Wildman–Crippen MR) is 97.2 cm³/mol. The Labute approximate surface area is 156 Å². The van der Waals surface area contributed by atoms with Crippen LogP contribution in [-0.4, -0.2) is 29.2 Å². The number of ether oxygens (including phenoxy) is 2. The summed E-state index contributed by atoms with van der Waals surface area (Å²) in [7, 11) is 2.90. The monoisotopic (exact) mass is 395 g/mol. The Morgan fingerprint density at radius 1 is 1.33 bits per heavy atom. The van der Waals surface area contributed by atoms with E-state index in [1.54, 1.807) is 14.0 Å². The fraction of sp³-hybridized carbons (Fsp3) is 0.235. The quantitative estimate of drug-likeness (QED) is 0.718. The zero-order valence-corrected chi connectivity index (χ0v) is 15.4. The largest absolute Gasteiger partial charge is 0.493 e. The number of rotatable bonds is 5. The summed E-state index contributed by atoms with van der Waals surface area (Å²) in [6.45, 7) is -1.37. The van der Waals surface area contributed by atoms with E-state index in [9.17, 15) is 18.4 Å². The third kappa shape index (κ3) is 3.61. The maximum atomic E-state index is 12.6. The van der Waals surface area contributed by atoms with Gasteiger partial charge in [-0.25, -0.2) is 4.98 Å². The highest BCUT2D eigenvalue weighted by Crippen LogP contribution is 2.32. The average Bonchev–Trinajstić information content (AvgIpc) is 2.95. The molecule has 0 unspecified atom stereocenters. The van der Waals surface area contributed by atoms with Gasteiger partial charge in [-0.1, -0.05) is 0 Å². The molecular weight excluding hydrogens is 380 g/mol. The number of thiophene rings is 1. The number of fused-ring (bicyclic) bond motifs is 1. The van der Waals surface area contributed by atoms with Gasteiger partial charge < -0.3 is 19.4 Å². The van der Waals surface area contributed by atoms with Crippen LogP contribution >= 0.6 is 11.3 Å². The molecule has 0 saturated heterocycles. The third-order valence-corrected chi connectivity index (χ3v) is 5.05. The first-order valence-electron chi connectivity index (χ1n) is 7.70. The molecule has 3 rings (SSSR count). The Morgan fingerprint density at radius 2 is 2.07 bits per heavy atom. The van der Waals surface area contributed by atoms with Gasteiger partial charge in [0.15, 0.2) is 11.5 Å². The number of hydrogen-bond acceptors (Lipinski definition) is 6. The van der Waals surface area contributed by atoms with E-state index >= 15 is 0 Å². The molecule has 2 aromatic heterocycles. The maximum Gasteiger partial charge on any atom is 0.387 e. The molecule has 1 aromatic carbocycles. The number of carbonyl (C=O) groups excluding carboxylic acids is 1. The van der Waals surface area contributed by atoms with Gasteiger partial charge in [0.05, 0.1) is 23.7 Å². The van der Waals surface area contributed by atoms with Crippen molar-refractivity contribution >= 4 is 33.1 Å². The number of nitrogens with one attached hydrogen (secondary N) is 1. The SMILES string of the molecule is COc1ccc(NC(=O)c2sc3ncn(C)c(=O)c3c2C)cc1OC(F)F. The summed E-state index contributed by atoms with van der Waals surface area (Å²) in [5.41, 5.74) is 0.512. The van der Waals surface area contributed by atoms with Gasteiger partial charge in [-0.05, 0) is 24.6 Å². The zero-order chi connectivity index (χ0) is 19.7. The first-order chi connectivity index (χ1) is 12.8. The average molecular weight is 395 g/mol. The van der Waals surface area contributed by atoms with Crippen molar-refractivity contribution in [3.8, 4) is 11.5 Å². The molecule has 1 N–H and O–H groups in total. The van der Waals surface area contributed by atoms with Crippen molar-refractivity contribution in [1.29, 1.82) is 0 Å². The van der Waals surface area contributed by atoms with E-state index in [-0.39, 0.29) is 22.7 Å². The molecule has 0 fully saturated rings. The molecule has 0 aliphatic heterocycles. The summed E-state index contributed by atoms with van der Waals surface area (Å²) < 4.78 is 35.8. The fourth-order valence-electron chi connectivity index (χ4n) is 2.56. The first kappa shape index (κ1) is 18.8. The van der Waals surface area contributed by atoms with E-state index in [1.807, 2.05) is 0 Å². The summed E-state index contributed by atoms with van der Waals surface area (Å²) in [6.07, 6.45) is 1.39. The Morgan fingerprint density at radius 3 is 2.74 bits per heavy atom. The summed E-state index contributed by atoms with van der Waals surface area (Å²) >= 11 is 1.08. The van der Waals surface area contributed by atoms with Crippen molar-refractivity contribution in [3.63, 3.8) is 0 Å². The molecule has 0 spiro atoms. The minimum Gasteiger partial charge on any atom is -0.493 e.